The Labute approximate surface area is 136 Å². The van der Waals surface area contributed by atoms with E-state index in [1.54, 1.807) is 6.07 Å². The van der Waals surface area contributed by atoms with E-state index in [0.29, 0.717) is 12.5 Å². The van der Waals surface area contributed by atoms with Crippen molar-refractivity contribution < 1.29 is 18.6 Å². The monoisotopic (exact) mass is 316 g/mol. The highest BCUT2D eigenvalue weighted by Crippen LogP contribution is 2.26. The van der Waals surface area contributed by atoms with Crippen molar-refractivity contribution in [1.82, 2.24) is 0 Å². The average molecular weight is 316 g/mol. The third kappa shape index (κ3) is 4.23. The first-order chi connectivity index (χ1) is 11.1. The third-order valence-corrected chi connectivity index (χ3v) is 3.93. The highest BCUT2D eigenvalue weighted by atomic mass is 19.1. The molecule has 4 heteroatoms. The number of rotatable bonds is 5. The van der Waals surface area contributed by atoms with Crippen LogP contribution in [0, 0.1) is 18.7 Å². The van der Waals surface area contributed by atoms with Crippen LogP contribution in [0.15, 0.2) is 42.5 Å². The van der Waals surface area contributed by atoms with E-state index < -0.39 is 0 Å². The van der Waals surface area contributed by atoms with Gasteiger partial charge in [-0.3, -0.25) is 0 Å². The molecule has 0 N–H and O–H groups in total. The molecular formula is C19H21FO3. The molecule has 2 atom stereocenters. The summed E-state index contributed by atoms with van der Waals surface area (Å²) in [4.78, 5) is 0. The quantitative estimate of drug-likeness (QED) is 0.814. The van der Waals surface area contributed by atoms with Crippen LogP contribution >= 0.6 is 0 Å². The molecule has 1 heterocycles. The van der Waals surface area contributed by atoms with Crippen LogP contribution in [-0.4, -0.2) is 12.9 Å². The van der Waals surface area contributed by atoms with Crippen molar-refractivity contribution in [1.29, 1.82) is 0 Å². The van der Waals surface area contributed by atoms with Gasteiger partial charge in [-0.15, -0.1) is 0 Å². The fourth-order valence-corrected chi connectivity index (χ4v) is 2.59. The minimum absolute atomic E-state index is 0.181. The SMILES string of the molecule is Cc1cc(F)ccc1COc1cccc(OC2C[C@@H](C)CO2)c1. The van der Waals surface area contributed by atoms with Crippen LogP contribution in [-0.2, 0) is 11.3 Å². The summed E-state index contributed by atoms with van der Waals surface area (Å²) in [5.41, 5.74) is 1.84. The van der Waals surface area contributed by atoms with Crippen molar-refractivity contribution >= 4 is 0 Å². The summed E-state index contributed by atoms with van der Waals surface area (Å²) in [6, 6.07) is 12.2. The second kappa shape index (κ2) is 7.01. The number of benzene rings is 2. The molecule has 1 aliphatic heterocycles. The van der Waals surface area contributed by atoms with Gasteiger partial charge in [-0.2, -0.15) is 0 Å². The molecule has 2 aromatic carbocycles. The van der Waals surface area contributed by atoms with Gasteiger partial charge >= 0.3 is 0 Å². The Balaban J connectivity index is 1.61. The van der Waals surface area contributed by atoms with Crippen LogP contribution < -0.4 is 9.47 Å². The molecule has 1 saturated heterocycles. The van der Waals surface area contributed by atoms with Gasteiger partial charge in [0.25, 0.3) is 0 Å². The Bertz CT molecular complexity index is 671. The van der Waals surface area contributed by atoms with E-state index in [0.717, 1.165) is 35.7 Å². The molecule has 0 radical (unpaired) electrons. The van der Waals surface area contributed by atoms with Crippen molar-refractivity contribution in [2.75, 3.05) is 6.61 Å². The summed E-state index contributed by atoms with van der Waals surface area (Å²) in [5.74, 6) is 1.75. The zero-order valence-electron chi connectivity index (χ0n) is 13.4. The molecule has 0 aromatic heterocycles. The molecule has 0 bridgehead atoms. The molecule has 1 fully saturated rings. The van der Waals surface area contributed by atoms with Crippen molar-refractivity contribution in [2.24, 2.45) is 5.92 Å². The highest BCUT2D eigenvalue weighted by molar-refractivity contribution is 5.34. The lowest BCUT2D eigenvalue weighted by Gasteiger charge is -2.14. The zero-order chi connectivity index (χ0) is 16.2. The number of ether oxygens (including phenoxy) is 3. The van der Waals surface area contributed by atoms with Crippen LogP contribution in [0.2, 0.25) is 0 Å². The van der Waals surface area contributed by atoms with Crippen LogP contribution in [0.25, 0.3) is 0 Å². The van der Waals surface area contributed by atoms with Gasteiger partial charge in [0.1, 0.15) is 23.9 Å². The normalized spacial score (nSPS) is 20.5. The van der Waals surface area contributed by atoms with E-state index in [-0.39, 0.29) is 12.1 Å². The first-order valence-corrected chi connectivity index (χ1v) is 7.86. The maximum atomic E-state index is 13.1. The van der Waals surface area contributed by atoms with E-state index in [1.165, 1.54) is 12.1 Å². The van der Waals surface area contributed by atoms with Crippen LogP contribution in [0.4, 0.5) is 4.39 Å². The minimum Gasteiger partial charge on any atom is -0.489 e. The number of aryl methyl sites for hydroxylation is 1. The largest absolute Gasteiger partial charge is 0.489 e. The van der Waals surface area contributed by atoms with Crippen molar-refractivity contribution in [3.63, 3.8) is 0 Å². The Morgan fingerprint density at radius 3 is 2.74 bits per heavy atom. The van der Waals surface area contributed by atoms with Gasteiger partial charge in [-0.1, -0.05) is 19.1 Å². The Morgan fingerprint density at radius 1 is 1.17 bits per heavy atom. The molecule has 0 saturated carbocycles. The third-order valence-electron chi connectivity index (χ3n) is 3.93. The number of hydrogen-bond donors (Lipinski definition) is 0. The van der Waals surface area contributed by atoms with Gasteiger partial charge in [0.15, 0.2) is 6.29 Å². The summed E-state index contributed by atoms with van der Waals surface area (Å²) in [5, 5.41) is 0. The standard InChI is InChI=1S/C19H21FO3/c1-13-8-19(22-11-13)23-18-5-3-4-17(10-18)21-12-15-6-7-16(20)9-14(15)2/h3-7,9-10,13,19H,8,11-12H2,1-2H3/t13-,19?/m1/s1. The van der Waals surface area contributed by atoms with Gasteiger partial charge in [-0.05, 0) is 48.2 Å². The molecule has 23 heavy (non-hydrogen) atoms. The smallest absolute Gasteiger partial charge is 0.200 e. The Morgan fingerprint density at radius 2 is 2.00 bits per heavy atom. The van der Waals surface area contributed by atoms with E-state index in [2.05, 4.69) is 6.92 Å². The molecule has 0 amide bonds. The number of hydrogen-bond acceptors (Lipinski definition) is 3. The summed E-state index contributed by atoms with van der Waals surface area (Å²) < 4.78 is 30.3. The average Bonchev–Trinajstić information content (AvgIpc) is 2.92. The van der Waals surface area contributed by atoms with Crippen LogP contribution in [0.5, 0.6) is 11.5 Å². The van der Waals surface area contributed by atoms with Crippen molar-refractivity contribution in [3.05, 3.63) is 59.4 Å². The van der Waals surface area contributed by atoms with E-state index in [9.17, 15) is 4.39 Å². The molecule has 3 nitrogen and oxygen atoms in total. The maximum Gasteiger partial charge on any atom is 0.200 e. The van der Waals surface area contributed by atoms with Gasteiger partial charge in [-0.25, -0.2) is 4.39 Å². The lowest BCUT2D eigenvalue weighted by molar-refractivity contribution is -0.0394. The zero-order valence-corrected chi connectivity index (χ0v) is 13.4. The predicted octanol–water partition coefficient (Wildman–Crippen LogP) is 4.47. The molecule has 122 valence electrons. The summed E-state index contributed by atoms with van der Waals surface area (Å²) in [6.07, 6.45) is 0.722. The van der Waals surface area contributed by atoms with Gasteiger partial charge in [0.2, 0.25) is 0 Å². The second-order valence-electron chi connectivity index (χ2n) is 6.06. The fourth-order valence-electron chi connectivity index (χ4n) is 2.59. The Hall–Kier alpha value is -2.07. The van der Waals surface area contributed by atoms with Crippen LogP contribution in [0.3, 0.4) is 0 Å². The van der Waals surface area contributed by atoms with E-state index in [1.807, 2.05) is 31.2 Å². The molecule has 1 aliphatic rings. The molecule has 3 rings (SSSR count). The number of halogens is 1. The van der Waals surface area contributed by atoms with Gasteiger partial charge < -0.3 is 14.2 Å². The second-order valence-corrected chi connectivity index (χ2v) is 6.06. The Kier molecular flexibility index (Phi) is 4.82. The lowest BCUT2D eigenvalue weighted by Crippen LogP contribution is -2.14. The lowest BCUT2D eigenvalue weighted by atomic mass is 10.1. The van der Waals surface area contributed by atoms with E-state index in [4.69, 9.17) is 14.2 Å². The van der Waals surface area contributed by atoms with Crippen molar-refractivity contribution in [3.8, 4) is 11.5 Å². The molecule has 0 spiro atoms. The highest BCUT2D eigenvalue weighted by Gasteiger charge is 2.23. The molecule has 0 aliphatic carbocycles. The summed E-state index contributed by atoms with van der Waals surface area (Å²) >= 11 is 0. The first kappa shape index (κ1) is 15.8. The minimum atomic E-state index is -0.229. The van der Waals surface area contributed by atoms with E-state index >= 15 is 0 Å². The maximum absolute atomic E-state index is 13.1. The predicted molar refractivity (Wildman–Crippen MR) is 86.1 cm³/mol. The van der Waals surface area contributed by atoms with Crippen molar-refractivity contribution in [2.45, 2.75) is 33.2 Å². The molecule has 2 aromatic rings. The van der Waals surface area contributed by atoms with Gasteiger partial charge in [0.05, 0.1) is 6.61 Å². The topological polar surface area (TPSA) is 27.7 Å². The first-order valence-electron chi connectivity index (χ1n) is 7.86. The van der Waals surface area contributed by atoms with Crippen LogP contribution in [0.1, 0.15) is 24.5 Å². The molecule has 1 unspecified atom stereocenters. The van der Waals surface area contributed by atoms with Gasteiger partial charge in [0, 0.05) is 12.5 Å². The molecular weight excluding hydrogens is 295 g/mol. The fraction of sp³-hybridized carbons (Fsp3) is 0.368. The summed E-state index contributed by atoms with van der Waals surface area (Å²) in [7, 11) is 0. The summed E-state index contributed by atoms with van der Waals surface area (Å²) in [6.45, 7) is 5.16.